The van der Waals surface area contributed by atoms with Gasteiger partial charge >= 0.3 is 0 Å². The minimum absolute atomic E-state index is 0.153. The van der Waals surface area contributed by atoms with Gasteiger partial charge in [0.2, 0.25) is 4.96 Å². The maximum absolute atomic E-state index is 11.1. The average molecular weight is 356 g/mol. The van der Waals surface area contributed by atoms with Gasteiger partial charge in [-0.2, -0.15) is 0 Å². The van der Waals surface area contributed by atoms with Crippen LogP contribution in [-0.4, -0.2) is 19.5 Å². The molecule has 120 valence electrons. The summed E-state index contributed by atoms with van der Waals surface area (Å²) in [5.41, 5.74) is 2.87. The number of aromatic nitrogens is 3. The van der Waals surface area contributed by atoms with Gasteiger partial charge in [0.15, 0.2) is 5.16 Å². The molecule has 2 aromatic heterocycles. The number of rotatable bonds is 4. The van der Waals surface area contributed by atoms with E-state index in [1.54, 1.807) is 24.3 Å². The van der Waals surface area contributed by atoms with E-state index in [9.17, 15) is 10.1 Å². The largest absolute Gasteiger partial charge is 0.272 e. The van der Waals surface area contributed by atoms with Crippen LogP contribution in [0.1, 0.15) is 11.1 Å². The molecule has 2 aromatic carbocycles. The molecule has 0 saturated heterocycles. The molecule has 24 heavy (non-hydrogen) atoms. The predicted octanol–water partition coefficient (Wildman–Crippen LogP) is 4.45. The van der Waals surface area contributed by atoms with Gasteiger partial charge in [0, 0.05) is 17.4 Å². The second kappa shape index (κ2) is 5.88. The van der Waals surface area contributed by atoms with E-state index in [1.165, 1.54) is 17.8 Å². The fourth-order valence-electron chi connectivity index (χ4n) is 2.62. The first-order valence-corrected chi connectivity index (χ1v) is 9.03. The van der Waals surface area contributed by atoms with E-state index >= 15 is 0 Å². The Labute approximate surface area is 145 Å². The molecular weight excluding hydrogens is 344 g/mol. The molecule has 0 aliphatic rings. The highest BCUT2D eigenvalue weighted by Crippen LogP contribution is 2.32. The molecule has 0 fully saturated rings. The molecule has 0 bridgehead atoms. The Bertz CT molecular complexity index is 1070. The lowest BCUT2D eigenvalue weighted by atomic mass is 10.1. The lowest BCUT2D eigenvalue weighted by Gasteiger charge is -2.05. The van der Waals surface area contributed by atoms with Crippen LogP contribution in [0.4, 0.5) is 5.69 Å². The Morgan fingerprint density at radius 1 is 1.21 bits per heavy atom. The van der Waals surface area contributed by atoms with E-state index in [0.29, 0.717) is 11.3 Å². The summed E-state index contributed by atoms with van der Waals surface area (Å²) < 4.78 is 3.20. The number of nitrogens with zero attached hydrogens (tertiary/aromatic N) is 4. The van der Waals surface area contributed by atoms with Crippen molar-refractivity contribution in [3.8, 4) is 0 Å². The Balaban J connectivity index is 1.69. The zero-order valence-corrected chi connectivity index (χ0v) is 14.3. The number of hydrogen-bond acceptors (Lipinski definition) is 6. The van der Waals surface area contributed by atoms with Crippen molar-refractivity contribution in [3.63, 3.8) is 0 Å². The van der Waals surface area contributed by atoms with E-state index in [0.717, 1.165) is 25.9 Å². The van der Waals surface area contributed by atoms with Crippen molar-refractivity contribution in [2.24, 2.45) is 0 Å². The highest BCUT2D eigenvalue weighted by atomic mass is 32.2. The van der Waals surface area contributed by atoms with Crippen LogP contribution in [-0.2, 0) is 5.75 Å². The molecule has 0 aliphatic heterocycles. The molecule has 0 radical (unpaired) electrons. The van der Waals surface area contributed by atoms with Crippen molar-refractivity contribution in [1.29, 1.82) is 0 Å². The molecule has 4 aromatic rings. The number of benzene rings is 2. The lowest BCUT2D eigenvalue weighted by Crippen LogP contribution is -1.96. The number of hydrogen-bond donors (Lipinski definition) is 0. The van der Waals surface area contributed by atoms with Gasteiger partial charge in [-0.15, -0.1) is 10.2 Å². The Hall–Kier alpha value is -2.45. The van der Waals surface area contributed by atoms with Crippen LogP contribution in [0.3, 0.4) is 0 Å². The van der Waals surface area contributed by atoms with Gasteiger partial charge in [-0.3, -0.25) is 14.5 Å². The summed E-state index contributed by atoms with van der Waals surface area (Å²) in [6.07, 6.45) is 0. The SMILES string of the molecule is Cc1c(CSc2nnc3sc4ccccc4n23)cccc1[N+](=O)[O-]. The summed E-state index contributed by atoms with van der Waals surface area (Å²) in [6, 6.07) is 13.3. The molecule has 0 spiro atoms. The molecule has 8 heteroatoms. The topological polar surface area (TPSA) is 73.3 Å². The zero-order valence-electron chi connectivity index (χ0n) is 12.7. The quantitative estimate of drug-likeness (QED) is 0.307. The second-order valence-electron chi connectivity index (χ2n) is 5.28. The van der Waals surface area contributed by atoms with Crippen molar-refractivity contribution in [2.75, 3.05) is 0 Å². The van der Waals surface area contributed by atoms with Crippen LogP contribution in [0.2, 0.25) is 0 Å². The molecule has 0 saturated carbocycles. The Kier molecular flexibility index (Phi) is 3.70. The molecule has 6 nitrogen and oxygen atoms in total. The minimum Gasteiger partial charge on any atom is -0.260 e. The van der Waals surface area contributed by atoms with Gasteiger partial charge < -0.3 is 0 Å². The van der Waals surface area contributed by atoms with E-state index < -0.39 is 0 Å². The van der Waals surface area contributed by atoms with Gasteiger partial charge in [0.1, 0.15) is 0 Å². The first-order valence-electron chi connectivity index (χ1n) is 7.23. The minimum atomic E-state index is -0.342. The van der Waals surface area contributed by atoms with Crippen molar-refractivity contribution in [3.05, 3.63) is 63.7 Å². The van der Waals surface area contributed by atoms with Crippen LogP contribution in [0, 0.1) is 17.0 Å². The third-order valence-electron chi connectivity index (χ3n) is 3.88. The average Bonchev–Trinajstić information content (AvgIpc) is 3.13. The van der Waals surface area contributed by atoms with Crippen molar-refractivity contribution in [2.45, 2.75) is 17.8 Å². The van der Waals surface area contributed by atoms with Gasteiger partial charge in [0.25, 0.3) is 5.69 Å². The highest BCUT2D eigenvalue weighted by molar-refractivity contribution is 7.98. The third-order valence-corrected chi connectivity index (χ3v) is 5.87. The molecule has 2 heterocycles. The summed E-state index contributed by atoms with van der Waals surface area (Å²) in [5, 5.41) is 20.4. The van der Waals surface area contributed by atoms with E-state index in [2.05, 4.69) is 16.3 Å². The Morgan fingerprint density at radius 2 is 2.04 bits per heavy atom. The van der Waals surface area contributed by atoms with Gasteiger partial charge in [-0.05, 0) is 24.6 Å². The standard InChI is InChI=1S/C16H12N4O2S2/c1-10-11(5-4-7-12(10)20(21)22)9-23-15-17-18-16-19(15)13-6-2-3-8-14(13)24-16/h2-8H,9H2,1H3. The molecule has 0 N–H and O–H groups in total. The normalized spacial score (nSPS) is 11.4. The fraction of sp³-hybridized carbons (Fsp3) is 0.125. The molecule has 0 amide bonds. The van der Waals surface area contributed by atoms with Crippen LogP contribution in [0.5, 0.6) is 0 Å². The molecule has 4 rings (SSSR count). The third kappa shape index (κ3) is 2.44. The number of nitro benzene ring substituents is 1. The second-order valence-corrected chi connectivity index (χ2v) is 7.23. The van der Waals surface area contributed by atoms with E-state index in [-0.39, 0.29) is 10.6 Å². The number of fused-ring (bicyclic) bond motifs is 3. The lowest BCUT2D eigenvalue weighted by molar-refractivity contribution is -0.385. The maximum Gasteiger partial charge on any atom is 0.272 e. The first kappa shape index (κ1) is 15.1. The summed E-state index contributed by atoms with van der Waals surface area (Å²) >= 11 is 3.14. The van der Waals surface area contributed by atoms with Crippen LogP contribution < -0.4 is 0 Å². The van der Waals surface area contributed by atoms with Crippen LogP contribution in [0.25, 0.3) is 15.2 Å². The predicted molar refractivity (Wildman–Crippen MR) is 95.8 cm³/mol. The van der Waals surface area contributed by atoms with E-state index in [1.807, 2.05) is 28.7 Å². The van der Waals surface area contributed by atoms with Gasteiger partial charge in [-0.25, -0.2) is 0 Å². The van der Waals surface area contributed by atoms with Crippen LogP contribution >= 0.6 is 23.1 Å². The van der Waals surface area contributed by atoms with Crippen molar-refractivity contribution < 1.29 is 4.92 Å². The van der Waals surface area contributed by atoms with Crippen molar-refractivity contribution >= 4 is 44.0 Å². The summed E-state index contributed by atoms with van der Waals surface area (Å²) in [4.78, 5) is 11.6. The number of thioether (sulfide) groups is 1. The van der Waals surface area contributed by atoms with Gasteiger partial charge in [0.05, 0.1) is 15.1 Å². The monoisotopic (exact) mass is 356 g/mol. The summed E-state index contributed by atoms with van der Waals surface area (Å²) in [5.74, 6) is 0.610. The Morgan fingerprint density at radius 3 is 2.88 bits per heavy atom. The number of thiazole rings is 1. The molecule has 0 unspecified atom stereocenters. The summed E-state index contributed by atoms with van der Waals surface area (Å²) in [7, 11) is 0. The van der Waals surface area contributed by atoms with Gasteiger partial charge in [-0.1, -0.05) is 47.4 Å². The number of para-hydroxylation sites is 1. The fourth-order valence-corrected chi connectivity index (χ4v) is 4.65. The number of nitro groups is 1. The first-order chi connectivity index (χ1) is 11.6. The summed E-state index contributed by atoms with van der Waals surface area (Å²) in [6.45, 7) is 1.79. The van der Waals surface area contributed by atoms with Crippen LogP contribution in [0.15, 0.2) is 47.6 Å². The van der Waals surface area contributed by atoms with E-state index in [4.69, 9.17) is 0 Å². The highest BCUT2D eigenvalue weighted by Gasteiger charge is 2.16. The molecule has 0 aliphatic carbocycles. The zero-order chi connectivity index (χ0) is 16.7. The molecular formula is C16H12N4O2S2. The van der Waals surface area contributed by atoms with Crippen molar-refractivity contribution in [1.82, 2.24) is 14.6 Å². The maximum atomic E-state index is 11.1. The molecule has 0 atom stereocenters. The smallest absolute Gasteiger partial charge is 0.260 e.